The summed E-state index contributed by atoms with van der Waals surface area (Å²) in [5.41, 5.74) is 1.46. The normalized spacial score (nSPS) is 10.9. The Balaban J connectivity index is 2.13. The minimum absolute atomic E-state index is 0.172. The molecule has 0 aliphatic heterocycles. The van der Waals surface area contributed by atoms with Crippen molar-refractivity contribution in [3.63, 3.8) is 0 Å². The van der Waals surface area contributed by atoms with Crippen molar-refractivity contribution in [2.24, 2.45) is 5.92 Å². The highest BCUT2D eigenvalue weighted by atomic mass is 19.1. The van der Waals surface area contributed by atoms with Crippen LogP contribution in [0, 0.1) is 17.6 Å². The molecular weight excluding hydrogens is 270 g/mol. The molecule has 2 rings (SSSR count). The first-order valence-corrected chi connectivity index (χ1v) is 7.02. The van der Waals surface area contributed by atoms with E-state index < -0.39 is 11.6 Å². The van der Waals surface area contributed by atoms with E-state index in [1.165, 1.54) is 6.07 Å². The predicted octanol–water partition coefficient (Wildman–Crippen LogP) is 4.59. The topological polar surface area (TPSA) is 17.1 Å². The van der Waals surface area contributed by atoms with Crippen molar-refractivity contribution in [1.29, 1.82) is 0 Å². The number of rotatable bonds is 5. The molecule has 0 aliphatic rings. The van der Waals surface area contributed by atoms with Crippen LogP contribution >= 0.6 is 0 Å². The van der Waals surface area contributed by atoms with E-state index in [4.69, 9.17) is 0 Å². The molecule has 3 heteroatoms. The molecule has 0 amide bonds. The number of ketones is 1. The van der Waals surface area contributed by atoms with Crippen molar-refractivity contribution in [2.45, 2.75) is 26.7 Å². The molecule has 0 saturated heterocycles. The first-order chi connectivity index (χ1) is 9.97. The molecule has 0 aliphatic carbocycles. The van der Waals surface area contributed by atoms with Gasteiger partial charge in [-0.15, -0.1) is 0 Å². The van der Waals surface area contributed by atoms with E-state index in [2.05, 4.69) is 13.8 Å². The summed E-state index contributed by atoms with van der Waals surface area (Å²) in [6, 6.07) is 10.8. The van der Waals surface area contributed by atoms with Gasteiger partial charge in [-0.1, -0.05) is 44.2 Å². The van der Waals surface area contributed by atoms with Gasteiger partial charge in [0.2, 0.25) is 0 Å². The van der Waals surface area contributed by atoms with E-state index in [1.54, 1.807) is 12.1 Å². The van der Waals surface area contributed by atoms with Gasteiger partial charge in [0, 0.05) is 17.5 Å². The SMILES string of the molecule is CC(C)Cc1ccc(C(=O)Cc2c(F)cccc2F)cc1. The zero-order valence-corrected chi connectivity index (χ0v) is 12.2. The highest BCUT2D eigenvalue weighted by Crippen LogP contribution is 2.16. The molecule has 0 saturated carbocycles. The van der Waals surface area contributed by atoms with Crippen molar-refractivity contribution in [1.82, 2.24) is 0 Å². The molecule has 0 heterocycles. The molecule has 21 heavy (non-hydrogen) atoms. The Morgan fingerprint density at radius 1 is 1.00 bits per heavy atom. The molecule has 0 N–H and O–H groups in total. The van der Waals surface area contributed by atoms with E-state index >= 15 is 0 Å². The fraction of sp³-hybridized carbons (Fsp3) is 0.278. The fourth-order valence-electron chi connectivity index (χ4n) is 2.26. The summed E-state index contributed by atoms with van der Waals surface area (Å²) in [6.07, 6.45) is 0.679. The Labute approximate surface area is 123 Å². The lowest BCUT2D eigenvalue weighted by Crippen LogP contribution is -2.07. The standard InChI is InChI=1S/C18H18F2O/c1-12(2)10-13-6-8-14(9-7-13)18(21)11-15-16(19)4-3-5-17(15)20/h3-9,12H,10-11H2,1-2H3. The largest absolute Gasteiger partial charge is 0.294 e. The summed E-state index contributed by atoms with van der Waals surface area (Å²) in [4.78, 5) is 12.1. The van der Waals surface area contributed by atoms with E-state index in [1.807, 2.05) is 12.1 Å². The average Bonchev–Trinajstić information content (AvgIpc) is 2.43. The van der Waals surface area contributed by atoms with Gasteiger partial charge in [-0.05, 0) is 30.0 Å². The molecule has 2 aromatic carbocycles. The van der Waals surface area contributed by atoms with Crippen molar-refractivity contribution in [3.8, 4) is 0 Å². The average molecular weight is 288 g/mol. The summed E-state index contributed by atoms with van der Waals surface area (Å²) in [7, 11) is 0. The zero-order valence-electron chi connectivity index (χ0n) is 12.2. The lowest BCUT2D eigenvalue weighted by atomic mass is 9.98. The van der Waals surface area contributed by atoms with E-state index in [-0.39, 0.29) is 17.8 Å². The van der Waals surface area contributed by atoms with Crippen LogP contribution < -0.4 is 0 Å². The molecule has 0 fully saturated rings. The van der Waals surface area contributed by atoms with Gasteiger partial charge in [0.15, 0.2) is 5.78 Å². The molecule has 2 aromatic rings. The van der Waals surface area contributed by atoms with Crippen molar-refractivity contribution in [3.05, 3.63) is 70.8 Å². The van der Waals surface area contributed by atoms with Crippen LogP contribution in [0.4, 0.5) is 8.78 Å². The van der Waals surface area contributed by atoms with Crippen LogP contribution in [0.5, 0.6) is 0 Å². The van der Waals surface area contributed by atoms with E-state index in [0.29, 0.717) is 11.5 Å². The third kappa shape index (κ3) is 3.97. The van der Waals surface area contributed by atoms with Crippen LogP contribution in [0.2, 0.25) is 0 Å². The second kappa shape index (κ2) is 6.61. The van der Waals surface area contributed by atoms with Crippen LogP contribution in [0.15, 0.2) is 42.5 Å². The summed E-state index contributed by atoms with van der Waals surface area (Å²) >= 11 is 0. The van der Waals surface area contributed by atoms with Crippen LogP contribution in [-0.2, 0) is 12.8 Å². The fourth-order valence-corrected chi connectivity index (χ4v) is 2.26. The van der Waals surface area contributed by atoms with E-state index in [9.17, 15) is 13.6 Å². The van der Waals surface area contributed by atoms with Crippen molar-refractivity contribution < 1.29 is 13.6 Å². The Morgan fingerprint density at radius 2 is 1.57 bits per heavy atom. The molecule has 0 bridgehead atoms. The maximum absolute atomic E-state index is 13.5. The highest BCUT2D eigenvalue weighted by molar-refractivity contribution is 5.97. The van der Waals surface area contributed by atoms with Gasteiger partial charge < -0.3 is 0 Å². The molecule has 0 atom stereocenters. The number of Topliss-reactive ketones (excluding diaryl/α,β-unsaturated/α-hetero) is 1. The molecule has 0 radical (unpaired) electrons. The zero-order chi connectivity index (χ0) is 15.4. The van der Waals surface area contributed by atoms with Gasteiger partial charge in [0.1, 0.15) is 11.6 Å². The maximum Gasteiger partial charge on any atom is 0.167 e. The second-order valence-corrected chi connectivity index (χ2v) is 5.60. The smallest absolute Gasteiger partial charge is 0.167 e. The molecular formula is C18H18F2O. The summed E-state index contributed by atoms with van der Waals surface area (Å²) in [6.45, 7) is 4.25. The lowest BCUT2D eigenvalue weighted by Gasteiger charge is -2.07. The molecule has 0 spiro atoms. The maximum atomic E-state index is 13.5. The van der Waals surface area contributed by atoms with Gasteiger partial charge in [0.25, 0.3) is 0 Å². The van der Waals surface area contributed by atoms with Crippen LogP contribution in [0.1, 0.15) is 35.3 Å². The van der Waals surface area contributed by atoms with E-state index in [0.717, 1.165) is 24.1 Å². The molecule has 0 unspecified atom stereocenters. The number of hydrogen-bond acceptors (Lipinski definition) is 1. The number of halogens is 2. The van der Waals surface area contributed by atoms with Crippen LogP contribution in [-0.4, -0.2) is 5.78 Å². The van der Waals surface area contributed by atoms with Gasteiger partial charge in [-0.25, -0.2) is 8.78 Å². The Bertz CT molecular complexity index is 610. The van der Waals surface area contributed by atoms with Gasteiger partial charge in [-0.2, -0.15) is 0 Å². The second-order valence-electron chi connectivity index (χ2n) is 5.60. The first-order valence-electron chi connectivity index (χ1n) is 7.02. The third-order valence-electron chi connectivity index (χ3n) is 3.32. The monoisotopic (exact) mass is 288 g/mol. The summed E-state index contributed by atoms with van der Waals surface area (Å²) in [5.74, 6) is -1.10. The minimum Gasteiger partial charge on any atom is -0.294 e. The third-order valence-corrected chi connectivity index (χ3v) is 3.32. The lowest BCUT2D eigenvalue weighted by molar-refractivity contribution is 0.0990. The van der Waals surface area contributed by atoms with Gasteiger partial charge in [-0.3, -0.25) is 4.79 Å². The Morgan fingerprint density at radius 3 is 2.10 bits per heavy atom. The first kappa shape index (κ1) is 15.4. The number of hydrogen-bond donors (Lipinski definition) is 0. The number of carbonyl (C=O) groups is 1. The van der Waals surface area contributed by atoms with Crippen molar-refractivity contribution in [2.75, 3.05) is 0 Å². The summed E-state index contributed by atoms with van der Waals surface area (Å²) < 4.78 is 27.1. The molecule has 0 aromatic heterocycles. The van der Waals surface area contributed by atoms with Gasteiger partial charge >= 0.3 is 0 Å². The number of carbonyl (C=O) groups excluding carboxylic acids is 1. The Kier molecular flexibility index (Phi) is 4.84. The minimum atomic E-state index is -0.681. The quantitative estimate of drug-likeness (QED) is 0.735. The molecule has 110 valence electrons. The molecule has 1 nitrogen and oxygen atoms in total. The van der Waals surface area contributed by atoms with Gasteiger partial charge in [0.05, 0.1) is 0 Å². The highest BCUT2D eigenvalue weighted by Gasteiger charge is 2.14. The predicted molar refractivity (Wildman–Crippen MR) is 79.4 cm³/mol. The summed E-state index contributed by atoms with van der Waals surface area (Å²) in [5, 5.41) is 0. The Hall–Kier alpha value is -2.03. The van der Waals surface area contributed by atoms with Crippen molar-refractivity contribution >= 4 is 5.78 Å². The number of benzene rings is 2. The van der Waals surface area contributed by atoms with Crippen LogP contribution in [0.25, 0.3) is 0 Å². The van der Waals surface area contributed by atoms with Crippen LogP contribution in [0.3, 0.4) is 0 Å².